The second-order valence-electron chi connectivity index (χ2n) is 4.26. The number of hydrogen-bond donors (Lipinski definition) is 1. The van der Waals surface area contributed by atoms with E-state index >= 15 is 0 Å². The Kier molecular flexibility index (Phi) is 3.41. The van der Waals surface area contributed by atoms with Gasteiger partial charge in [-0.1, -0.05) is 13.8 Å². The third-order valence-corrected chi connectivity index (χ3v) is 2.52. The topological polar surface area (TPSA) is 93.3 Å². The summed E-state index contributed by atoms with van der Waals surface area (Å²) in [5.74, 6) is -1.39. The van der Waals surface area contributed by atoms with Gasteiger partial charge >= 0.3 is 5.97 Å². The van der Waals surface area contributed by atoms with E-state index in [0.717, 1.165) is 0 Å². The van der Waals surface area contributed by atoms with Crippen LogP contribution in [-0.4, -0.2) is 26.8 Å². The number of carboxylic acids is 1. The van der Waals surface area contributed by atoms with Crippen LogP contribution in [0.2, 0.25) is 0 Å². The molecule has 0 bridgehead atoms. The minimum absolute atomic E-state index is 0.0223. The van der Waals surface area contributed by atoms with Crippen molar-refractivity contribution in [2.45, 2.75) is 19.8 Å². The van der Waals surface area contributed by atoms with Gasteiger partial charge in [0.15, 0.2) is 11.5 Å². The largest absolute Gasteiger partial charge is 0.476 e. The number of nitrogens with zero attached hydrogens (tertiary/aromatic N) is 2. The Morgan fingerprint density at radius 1 is 1.37 bits per heavy atom. The lowest BCUT2D eigenvalue weighted by atomic mass is 10.1. The molecule has 0 unspecified atom stereocenters. The van der Waals surface area contributed by atoms with Gasteiger partial charge in [-0.3, -0.25) is 4.79 Å². The quantitative estimate of drug-likeness (QED) is 0.846. The summed E-state index contributed by atoms with van der Waals surface area (Å²) in [6.45, 7) is 3.68. The lowest BCUT2D eigenvalue weighted by molar-refractivity contribution is 0.0685. The fraction of sp³-hybridized carbons (Fsp3) is 0.231. The number of furan rings is 1. The molecule has 6 heteroatoms. The van der Waals surface area contributed by atoms with E-state index in [4.69, 9.17) is 9.52 Å². The van der Waals surface area contributed by atoms with E-state index in [0.29, 0.717) is 5.82 Å². The zero-order valence-corrected chi connectivity index (χ0v) is 10.5. The molecule has 0 fully saturated rings. The first kappa shape index (κ1) is 12.9. The van der Waals surface area contributed by atoms with E-state index in [1.54, 1.807) is 6.07 Å². The maximum absolute atomic E-state index is 12.1. The van der Waals surface area contributed by atoms with Crippen LogP contribution in [0.3, 0.4) is 0 Å². The lowest BCUT2D eigenvalue weighted by Gasteiger charge is -2.07. The number of rotatable bonds is 4. The van der Waals surface area contributed by atoms with Crippen LogP contribution in [0.1, 0.15) is 52.2 Å². The molecule has 2 aromatic heterocycles. The van der Waals surface area contributed by atoms with E-state index in [1.165, 1.54) is 18.5 Å². The van der Waals surface area contributed by atoms with Crippen LogP contribution in [-0.2, 0) is 0 Å². The molecule has 0 saturated heterocycles. The summed E-state index contributed by atoms with van der Waals surface area (Å²) in [7, 11) is 0. The van der Waals surface area contributed by atoms with Crippen molar-refractivity contribution in [2.75, 3.05) is 0 Å². The van der Waals surface area contributed by atoms with E-state index in [9.17, 15) is 9.59 Å². The SMILES string of the molecule is CC(C)c1ncc(C(=O)c2ccco2)c(C(=O)O)n1. The third kappa shape index (κ3) is 2.52. The van der Waals surface area contributed by atoms with Gasteiger partial charge in [-0.05, 0) is 12.1 Å². The second-order valence-corrected chi connectivity index (χ2v) is 4.26. The average Bonchev–Trinajstić information content (AvgIpc) is 2.90. The Hall–Kier alpha value is -2.50. The Balaban J connectivity index is 2.51. The van der Waals surface area contributed by atoms with Crippen molar-refractivity contribution in [3.63, 3.8) is 0 Å². The van der Waals surface area contributed by atoms with Crippen LogP contribution in [0.25, 0.3) is 0 Å². The van der Waals surface area contributed by atoms with Gasteiger partial charge in [0.1, 0.15) is 5.82 Å². The molecule has 1 N–H and O–H groups in total. The number of ketones is 1. The molecule has 0 saturated carbocycles. The highest BCUT2D eigenvalue weighted by atomic mass is 16.4. The standard InChI is InChI=1S/C13H12N2O4/c1-7(2)12-14-6-8(10(15-12)13(17)18)11(16)9-4-3-5-19-9/h3-7H,1-2H3,(H,17,18). The number of hydrogen-bond acceptors (Lipinski definition) is 5. The molecule has 0 aliphatic rings. The minimum atomic E-state index is -1.26. The average molecular weight is 260 g/mol. The van der Waals surface area contributed by atoms with Crippen molar-refractivity contribution in [2.24, 2.45) is 0 Å². The third-order valence-electron chi connectivity index (χ3n) is 2.52. The first-order valence-electron chi connectivity index (χ1n) is 5.69. The van der Waals surface area contributed by atoms with Crippen LogP contribution in [0.15, 0.2) is 29.0 Å². The zero-order valence-electron chi connectivity index (χ0n) is 10.5. The van der Waals surface area contributed by atoms with Gasteiger partial charge in [0.25, 0.3) is 0 Å². The second kappa shape index (κ2) is 5.01. The van der Waals surface area contributed by atoms with Gasteiger partial charge < -0.3 is 9.52 Å². The minimum Gasteiger partial charge on any atom is -0.476 e. The Morgan fingerprint density at radius 3 is 2.63 bits per heavy atom. The maximum Gasteiger partial charge on any atom is 0.355 e. The zero-order chi connectivity index (χ0) is 14.0. The summed E-state index contributed by atoms with van der Waals surface area (Å²) in [4.78, 5) is 31.2. The smallest absolute Gasteiger partial charge is 0.355 e. The van der Waals surface area contributed by atoms with Crippen LogP contribution < -0.4 is 0 Å². The van der Waals surface area contributed by atoms with Crippen molar-refractivity contribution in [3.8, 4) is 0 Å². The van der Waals surface area contributed by atoms with Crippen molar-refractivity contribution < 1.29 is 19.1 Å². The van der Waals surface area contributed by atoms with Crippen LogP contribution in [0.5, 0.6) is 0 Å². The first-order chi connectivity index (χ1) is 9.00. The molecule has 0 aromatic carbocycles. The van der Waals surface area contributed by atoms with Gasteiger partial charge in [0.2, 0.25) is 5.78 Å². The fourth-order valence-electron chi connectivity index (χ4n) is 1.54. The summed E-state index contributed by atoms with van der Waals surface area (Å²) < 4.78 is 4.96. The van der Waals surface area contributed by atoms with Crippen LogP contribution in [0.4, 0.5) is 0 Å². The lowest BCUT2D eigenvalue weighted by Crippen LogP contribution is -2.15. The highest BCUT2D eigenvalue weighted by Crippen LogP contribution is 2.16. The van der Waals surface area contributed by atoms with Crippen molar-refractivity contribution in [1.82, 2.24) is 9.97 Å². The van der Waals surface area contributed by atoms with Gasteiger partial charge in [-0.15, -0.1) is 0 Å². The number of aromatic nitrogens is 2. The predicted octanol–water partition coefficient (Wildman–Crippen LogP) is 2.12. The summed E-state index contributed by atoms with van der Waals surface area (Å²) in [5, 5.41) is 9.15. The molecule has 2 heterocycles. The van der Waals surface area contributed by atoms with Gasteiger partial charge in [0.05, 0.1) is 11.8 Å². The van der Waals surface area contributed by atoms with E-state index in [-0.39, 0.29) is 22.9 Å². The molecule has 0 aliphatic heterocycles. The number of carbonyl (C=O) groups excluding carboxylic acids is 1. The molecule has 98 valence electrons. The Morgan fingerprint density at radius 2 is 2.11 bits per heavy atom. The van der Waals surface area contributed by atoms with Crippen molar-refractivity contribution in [3.05, 3.63) is 47.4 Å². The monoisotopic (exact) mass is 260 g/mol. The molecule has 2 rings (SSSR count). The molecule has 0 atom stereocenters. The number of carbonyl (C=O) groups is 2. The maximum atomic E-state index is 12.1. The number of carboxylic acid groups (broad SMARTS) is 1. The highest BCUT2D eigenvalue weighted by Gasteiger charge is 2.23. The fourth-order valence-corrected chi connectivity index (χ4v) is 1.54. The Labute approximate surface area is 109 Å². The van der Waals surface area contributed by atoms with Crippen LogP contribution in [0, 0.1) is 0 Å². The van der Waals surface area contributed by atoms with E-state index < -0.39 is 11.8 Å². The molecule has 6 nitrogen and oxygen atoms in total. The molecular weight excluding hydrogens is 248 g/mol. The summed E-state index contributed by atoms with van der Waals surface area (Å²) in [6, 6.07) is 3.02. The van der Waals surface area contributed by atoms with Gasteiger partial charge in [-0.2, -0.15) is 0 Å². The molecule has 0 aliphatic carbocycles. The summed E-state index contributed by atoms with van der Waals surface area (Å²) in [6.07, 6.45) is 2.58. The predicted molar refractivity (Wildman–Crippen MR) is 65.2 cm³/mol. The van der Waals surface area contributed by atoms with Crippen molar-refractivity contribution in [1.29, 1.82) is 0 Å². The van der Waals surface area contributed by atoms with Gasteiger partial charge in [-0.25, -0.2) is 14.8 Å². The molecular formula is C13H12N2O4. The van der Waals surface area contributed by atoms with Gasteiger partial charge in [0, 0.05) is 12.1 Å². The highest BCUT2D eigenvalue weighted by molar-refractivity contribution is 6.11. The van der Waals surface area contributed by atoms with E-state index in [2.05, 4.69) is 9.97 Å². The molecule has 0 radical (unpaired) electrons. The van der Waals surface area contributed by atoms with Crippen molar-refractivity contribution >= 4 is 11.8 Å². The summed E-state index contributed by atoms with van der Waals surface area (Å²) >= 11 is 0. The normalized spacial score (nSPS) is 10.7. The molecule has 0 spiro atoms. The first-order valence-corrected chi connectivity index (χ1v) is 5.69. The molecule has 0 amide bonds. The molecule has 2 aromatic rings. The number of aromatic carboxylic acids is 1. The molecule has 19 heavy (non-hydrogen) atoms. The van der Waals surface area contributed by atoms with E-state index in [1.807, 2.05) is 13.8 Å². The van der Waals surface area contributed by atoms with Crippen LogP contribution >= 0.6 is 0 Å². The summed E-state index contributed by atoms with van der Waals surface area (Å²) in [5.41, 5.74) is -0.382. The Bertz CT molecular complexity index is 618.